The fraction of sp³-hybridized carbons (Fsp3) is 0.200. The molecule has 1 rings (SSSR count). The highest BCUT2D eigenvalue weighted by Gasteiger charge is 2.13. The number of amides is 1. The van der Waals surface area contributed by atoms with Crippen molar-refractivity contribution in [2.24, 2.45) is 0 Å². The minimum absolute atomic E-state index is 0.193. The van der Waals surface area contributed by atoms with Crippen LogP contribution in [-0.4, -0.2) is 28.5 Å². The molecule has 0 radical (unpaired) electrons. The van der Waals surface area contributed by atoms with Crippen molar-refractivity contribution in [3.63, 3.8) is 0 Å². The van der Waals surface area contributed by atoms with Crippen molar-refractivity contribution in [3.05, 3.63) is 28.2 Å². The SMILES string of the molecule is O=C(O)CSCC(=O)Nc1c(F)cc(Br)cc1F. The molecular weight excluding hydrogens is 332 g/mol. The zero-order valence-electron chi connectivity index (χ0n) is 8.87. The van der Waals surface area contributed by atoms with Crippen LogP contribution in [0.2, 0.25) is 0 Å². The lowest BCUT2D eigenvalue weighted by molar-refractivity contribution is -0.133. The second-order valence-corrected chi connectivity index (χ2v) is 5.08. The summed E-state index contributed by atoms with van der Waals surface area (Å²) in [4.78, 5) is 21.5. The van der Waals surface area contributed by atoms with Crippen LogP contribution in [-0.2, 0) is 9.59 Å². The maximum atomic E-state index is 13.3. The summed E-state index contributed by atoms with van der Waals surface area (Å²) in [6.45, 7) is 0. The van der Waals surface area contributed by atoms with Crippen LogP contribution in [0.25, 0.3) is 0 Å². The Labute approximate surface area is 114 Å². The predicted molar refractivity (Wildman–Crippen MR) is 67.6 cm³/mol. The van der Waals surface area contributed by atoms with E-state index in [-0.39, 0.29) is 16.0 Å². The molecule has 1 aromatic rings. The van der Waals surface area contributed by atoms with Crippen molar-refractivity contribution in [1.29, 1.82) is 0 Å². The van der Waals surface area contributed by atoms with Gasteiger partial charge in [-0.15, -0.1) is 11.8 Å². The second-order valence-electron chi connectivity index (χ2n) is 3.18. The van der Waals surface area contributed by atoms with Gasteiger partial charge < -0.3 is 10.4 Å². The molecule has 0 aromatic heterocycles. The number of anilines is 1. The maximum Gasteiger partial charge on any atom is 0.313 e. The molecule has 8 heteroatoms. The fourth-order valence-electron chi connectivity index (χ4n) is 1.07. The molecule has 1 aromatic carbocycles. The minimum Gasteiger partial charge on any atom is -0.481 e. The van der Waals surface area contributed by atoms with Crippen LogP contribution in [0.4, 0.5) is 14.5 Å². The fourth-order valence-corrected chi connectivity index (χ4v) is 2.00. The van der Waals surface area contributed by atoms with Crippen LogP contribution < -0.4 is 5.32 Å². The van der Waals surface area contributed by atoms with E-state index in [1.807, 2.05) is 0 Å². The molecule has 0 saturated carbocycles. The Morgan fingerprint density at radius 3 is 2.33 bits per heavy atom. The van der Waals surface area contributed by atoms with Gasteiger partial charge in [0.05, 0.1) is 11.5 Å². The van der Waals surface area contributed by atoms with Crippen molar-refractivity contribution in [1.82, 2.24) is 0 Å². The summed E-state index contributed by atoms with van der Waals surface area (Å²) in [6.07, 6.45) is 0. The van der Waals surface area contributed by atoms with Gasteiger partial charge in [-0.1, -0.05) is 15.9 Å². The van der Waals surface area contributed by atoms with E-state index in [0.717, 1.165) is 23.9 Å². The van der Waals surface area contributed by atoms with E-state index in [1.54, 1.807) is 0 Å². The number of carboxylic acids is 1. The highest BCUT2D eigenvalue weighted by Crippen LogP contribution is 2.23. The van der Waals surface area contributed by atoms with Crippen LogP contribution in [0, 0.1) is 11.6 Å². The Morgan fingerprint density at radius 1 is 1.28 bits per heavy atom. The van der Waals surface area contributed by atoms with Crippen molar-refractivity contribution in [2.45, 2.75) is 0 Å². The minimum atomic E-state index is -1.06. The number of halogens is 3. The Morgan fingerprint density at radius 2 is 1.83 bits per heavy atom. The molecule has 4 nitrogen and oxygen atoms in total. The third-order valence-electron chi connectivity index (χ3n) is 1.73. The highest BCUT2D eigenvalue weighted by molar-refractivity contribution is 9.10. The summed E-state index contributed by atoms with van der Waals surface area (Å²) < 4.78 is 26.9. The third-order valence-corrected chi connectivity index (χ3v) is 3.11. The van der Waals surface area contributed by atoms with Crippen LogP contribution in [0.3, 0.4) is 0 Å². The van der Waals surface area contributed by atoms with Gasteiger partial charge in [-0.2, -0.15) is 0 Å². The van der Waals surface area contributed by atoms with Gasteiger partial charge in [0.25, 0.3) is 0 Å². The van der Waals surface area contributed by atoms with Gasteiger partial charge >= 0.3 is 5.97 Å². The van der Waals surface area contributed by atoms with Crippen molar-refractivity contribution < 1.29 is 23.5 Å². The number of rotatable bonds is 5. The molecule has 0 fully saturated rings. The molecule has 1 amide bonds. The van der Waals surface area contributed by atoms with Crippen LogP contribution in [0.5, 0.6) is 0 Å². The monoisotopic (exact) mass is 339 g/mol. The average molecular weight is 340 g/mol. The van der Waals surface area contributed by atoms with Gasteiger partial charge in [-0.05, 0) is 12.1 Å². The zero-order valence-corrected chi connectivity index (χ0v) is 11.3. The zero-order chi connectivity index (χ0) is 13.7. The number of hydrogen-bond donors (Lipinski definition) is 2. The highest BCUT2D eigenvalue weighted by atomic mass is 79.9. The van der Waals surface area contributed by atoms with E-state index in [0.29, 0.717) is 0 Å². The number of carboxylic acid groups (broad SMARTS) is 1. The summed E-state index contributed by atoms with van der Waals surface area (Å²) in [5.74, 6) is -3.98. The molecule has 0 aliphatic heterocycles. The van der Waals surface area contributed by atoms with E-state index >= 15 is 0 Å². The first-order valence-corrected chi connectivity index (χ1v) is 6.59. The van der Waals surface area contributed by atoms with E-state index < -0.39 is 29.2 Å². The van der Waals surface area contributed by atoms with Gasteiger partial charge in [0.1, 0.15) is 5.69 Å². The average Bonchev–Trinajstić information content (AvgIpc) is 2.22. The van der Waals surface area contributed by atoms with Gasteiger partial charge in [0.15, 0.2) is 11.6 Å². The Bertz CT molecular complexity index is 461. The van der Waals surface area contributed by atoms with Crippen LogP contribution in [0.15, 0.2) is 16.6 Å². The molecular formula is C10H8BrF2NO3S. The van der Waals surface area contributed by atoms with E-state index in [1.165, 1.54) is 0 Å². The molecule has 0 heterocycles. The first kappa shape index (κ1) is 14.9. The Kier molecular flexibility index (Phi) is 5.54. The lowest BCUT2D eigenvalue weighted by atomic mass is 10.3. The van der Waals surface area contributed by atoms with Crippen molar-refractivity contribution in [3.8, 4) is 0 Å². The number of carbonyl (C=O) groups excluding carboxylic acids is 1. The first-order chi connectivity index (χ1) is 8.40. The summed E-state index contributed by atoms with van der Waals surface area (Å²) in [6, 6.07) is 2.03. The Hall–Kier alpha value is -1.15. The topological polar surface area (TPSA) is 66.4 Å². The largest absolute Gasteiger partial charge is 0.481 e. The summed E-state index contributed by atoms with van der Waals surface area (Å²) in [7, 11) is 0. The standard InChI is InChI=1S/C10H8BrF2NO3S/c11-5-1-6(12)10(7(13)2-5)14-8(15)3-18-4-9(16)17/h1-2H,3-4H2,(H,14,15)(H,16,17). The first-order valence-electron chi connectivity index (χ1n) is 4.64. The van der Waals surface area contributed by atoms with Crippen LogP contribution in [0.1, 0.15) is 0 Å². The molecule has 18 heavy (non-hydrogen) atoms. The molecule has 98 valence electrons. The molecule has 0 spiro atoms. The van der Waals surface area contributed by atoms with Gasteiger partial charge in [-0.3, -0.25) is 9.59 Å². The van der Waals surface area contributed by atoms with E-state index in [4.69, 9.17) is 5.11 Å². The third kappa shape index (κ3) is 4.61. The lowest BCUT2D eigenvalue weighted by Gasteiger charge is -2.07. The summed E-state index contributed by atoms with van der Waals surface area (Å²) in [5, 5.41) is 10.4. The molecule has 0 unspecified atom stereocenters. The number of carbonyl (C=O) groups is 2. The smallest absolute Gasteiger partial charge is 0.313 e. The summed E-state index contributed by atoms with van der Waals surface area (Å²) >= 11 is 3.75. The number of aliphatic carboxylic acids is 1. The molecule has 2 N–H and O–H groups in total. The Balaban J connectivity index is 2.62. The normalized spacial score (nSPS) is 10.2. The van der Waals surface area contributed by atoms with Crippen LogP contribution >= 0.6 is 27.7 Å². The quantitative estimate of drug-likeness (QED) is 0.864. The molecule has 0 atom stereocenters. The number of nitrogens with one attached hydrogen (secondary N) is 1. The van der Waals surface area contributed by atoms with E-state index in [9.17, 15) is 18.4 Å². The molecule has 0 aliphatic carbocycles. The second kappa shape index (κ2) is 6.69. The summed E-state index contributed by atoms with van der Waals surface area (Å²) in [5.41, 5.74) is -0.542. The molecule has 0 saturated heterocycles. The number of benzene rings is 1. The predicted octanol–water partition coefficient (Wildman–Crippen LogP) is 2.48. The lowest BCUT2D eigenvalue weighted by Crippen LogP contribution is -2.17. The molecule has 0 bridgehead atoms. The van der Waals surface area contributed by atoms with Crippen molar-refractivity contribution in [2.75, 3.05) is 16.8 Å². The van der Waals surface area contributed by atoms with Crippen molar-refractivity contribution >= 4 is 45.3 Å². The van der Waals surface area contributed by atoms with Gasteiger partial charge in [0, 0.05) is 4.47 Å². The van der Waals surface area contributed by atoms with E-state index in [2.05, 4.69) is 21.2 Å². The maximum absolute atomic E-state index is 13.3. The van der Waals surface area contributed by atoms with Gasteiger partial charge in [-0.25, -0.2) is 8.78 Å². The number of thioether (sulfide) groups is 1. The van der Waals surface area contributed by atoms with Gasteiger partial charge in [0.2, 0.25) is 5.91 Å². The molecule has 0 aliphatic rings. The number of hydrogen-bond acceptors (Lipinski definition) is 3.